The molecule has 0 spiro atoms. The van der Waals surface area contributed by atoms with Gasteiger partial charge in [-0.3, -0.25) is 4.79 Å². The van der Waals surface area contributed by atoms with Crippen LogP contribution < -0.4 is 0 Å². The fourth-order valence-electron chi connectivity index (χ4n) is 6.42. The number of likely N-dealkylation sites (tertiary alicyclic amines) is 2. The van der Waals surface area contributed by atoms with E-state index in [2.05, 4.69) is 11.8 Å². The largest absolute Gasteiger partial charge is 0.393 e. The zero-order valence-electron chi connectivity index (χ0n) is 21.9. The summed E-state index contributed by atoms with van der Waals surface area (Å²) in [5.74, 6) is 0.712. The van der Waals surface area contributed by atoms with Crippen LogP contribution in [0.5, 0.6) is 0 Å². The maximum atomic E-state index is 13.7. The quantitative estimate of drug-likeness (QED) is 0.405. The number of rotatable bonds is 8. The molecular formula is C32H39FN2O2. The predicted molar refractivity (Wildman–Crippen MR) is 147 cm³/mol. The molecule has 4 nitrogen and oxygen atoms in total. The first-order valence-corrected chi connectivity index (χ1v) is 14.0. The summed E-state index contributed by atoms with van der Waals surface area (Å²) in [4.78, 5) is 18.2. The molecule has 2 aliphatic heterocycles. The van der Waals surface area contributed by atoms with Crippen molar-refractivity contribution in [2.45, 2.75) is 51.0 Å². The zero-order valence-corrected chi connectivity index (χ0v) is 21.9. The van der Waals surface area contributed by atoms with Crippen molar-refractivity contribution in [2.24, 2.45) is 11.8 Å². The van der Waals surface area contributed by atoms with E-state index in [1.807, 2.05) is 59.5 Å². The first-order chi connectivity index (χ1) is 18.0. The summed E-state index contributed by atoms with van der Waals surface area (Å²) in [6, 6.07) is 21.0. The number of piperidine rings is 1. The molecule has 0 bridgehead atoms. The third-order valence-electron chi connectivity index (χ3n) is 8.57. The van der Waals surface area contributed by atoms with Gasteiger partial charge in [-0.15, -0.1) is 0 Å². The fourth-order valence-corrected chi connectivity index (χ4v) is 6.42. The lowest BCUT2D eigenvalue weighted by Crippen LogP contribution is -2.40. The number of halogens is 1. The minimum absolute atomic E-state index is 0.0713. The van der Waals surface area contributed by atoms with Gasteiger partial charge in [0, 0.05) is 31.1 Å². The Balaban J connectivity index is 1.27. The Morgan fingerprint density at radius 3 is 2.49 bits per heavy atom. The number of benzene rings is 3. The Bertz CT molecular complexity index is 1180. The second kappa shape index (κ2) is 11.7. The van der Waals surface area contributed by atoms with Gasteiger partial charge in [-0.05, 0) is 78.7 Å². The third kappa shape index (κ3) is 5.89. The van der Waals surface area contributed by atoms with Crippen molar-refractivity contribution in [3.63, 3.8) is 0 Å². The third-order valence-corrected chi connectivity index (χ3v) is 8.57. The molecule has 3 aromatic carbocycles. The maximum Gasteiger partial charge on any atom is 0.254 e. The van der Waals surface area contributed by atoms with Gasteiger partial charge in [-0.2, -0.15) is 0 Å². The molecule has 2 heterocycles. The molecule has 3 aromatic rings. The summed E-state index contributed by atoms with van der Waals surface area (Å²) in [5, 5.41) is 13.2. The standard InChI is InChI=1S/C32H39FN2O2/c1-2-3-11-31(36)30-22-35(32(37)29-10-6-8-25-7-4-5-9-28(25)29)21-26(30)20-34-18-16-24(17-19-34)23-12-14-27(33)15-13-23/h4-10,12-15,24,26,30-31,36H,2-3,11,16-22H2,1H3. The second-order valence-electron chi connectivity index (χ2n) is 11.0. The summed E-state index contributed by atoms with van der Waals surface area (Å²) in [7, 11) is 0. The van der Waals surface area contributed by atoms with Crippen molar-refractivity contribution in [3.8, 4) is 0 Å². The topological polar surface area (TPSA) is 43.8 Å². The molecule has 37 heavy (non-hydrogen) atoms. The highest BCUT2D eigenvalue weighted by Crippen LogP contribution is 2.34. The molecular weight excluding hydrogens is 463 g/mol. The number of amides is 1. The number of carbonyl (C=O) groups is 1. The van der Waals surface area contributed by atoms with Crippen LogP contribution >= 0.6 is 0 Å². The van der Waals surface area contributed by atoms with E-state index in [0.29, 0.717) is 19.0 Å². The van der Waals surface area contributed by atoms with Gasteiger partial charge in [-0.1, -0.05) is 68.3 Å². The SMILES string of the molecule is CCCCC(O)C1CN(C(=O)c2cccc3ccccc23)CC1CN1CCC(c2ccc(F)cc2)CC1. The number of carbonyl (C=O) groups excluding carboxylic acids is 1. The van der Waals surface area contributed by atoms with Crippen molar-refractivity contribution in [3.05, 3.63) is 83.7 Å². The zero-order chi connectivity index (χ0) is 25.8. The van der Waals surface area contributed by atoms with Crippen molar-refractivity contribution >= 4 is 16.7 Å². The molecule has 5 rings (SSSR count). The van der Waals surface area contributed by atoms with E-state index in [9.17, 15) is 14.3 Å². The summed E-state index contributed by atoms with van der Waals surface area (Å²) < 4.78 is 13.3. The van der Waals surface area contributed by atoms with Gasteiger partial charge in [0.05, 0.1) is 6.10 Å². The van der Waals surface area contributed by atoms with Gasteiger partial charge in [0.25, 0.3) is 5.91 Å². The molecule has 3 unspecified atom stereocenters. The Hall–Kier alpha value is -2.76. The number of nitrogens with zero attached hydrogens (tertiary/aromatic N) is 2. The lowest BCUT2D eigenvalue weighted by atomic mass is 9.86. The fraction of sp³-hybridized carbons (Fsp3) is 0.469. The maximum absolute atomic E-state index is 13.7. The smallest absolute Gasteiger partial charge is 0.254 e. The van der Waals surface area contributed by atoms with E-state index >= 15 is 0 Å². The van der Waals surface area contributed by atoms with Crippen LogP contribution in [0.15, 0.2) is 66.7 Å². The molecule has 0 aromatic heterocycles. The summed E-state index contributed by atoms with van der Waals surface area (Å²) in [6.45, 7) is 6.35. The number of hydrogen-bond acceptors (Lipinski definition) is 3. The number of aliphatic hydroxyl groups excluding tert-OH is 1. The van der Waals surface area contributed by atoms with E-state index in [0.717, 1.165) is 68.1 Å². The Morgan fingerprint density at radius 1 is 1.00 bits per heavy atom. The van der Waals surface area contributed by atoms with Crippen LogP contribution in [-0.4, -0.2) is 59.6 Å². The first kappa shape index (κ1) is 25.9. The van der Waals surface area contributed by atoms with E-state index in [-0.39, 0.29) is 29.7 Å². The summed E-state index contributed by atoms with van der Waals surface area (Å²) in [6.07, 6.45) is 4.59. The van der Waals surface area contributed by atoms with Crippen LogP contribution in [0.2, 0.25) is 0 Å². The number of hydrogen-bond donors (Lipinski definition) is 1. The Kier molecular flexibility index (Phi) is 8.21. The van der Waals surface area contributed by atoms with Crippen LogP contribution in [-0.2, 0) is 0 Å². The molecule has 5 heteroatoms. The number of aliphatic hydroxyl groups is 1. The molecule has 0 radical (unpaired) electrons. The van der Waals surface area contributed by atoms with Gasteiger partial charge >= 0.3 is 0 Å². The lowest BCUT2D eigenvalue weighted by Gasteiger charge is -2.35. The average molecular weight is 503 g/mol. The molecule has 2 saturated heterocycles. The lowest BCUT2D eigenvalue weighted by molar-refractivity contribution is 0.0642. The van der Waals surface area contributed by atoms with Crippen molar-refractivity contribution in [1.29, 1.82) is 0 Å². The Labute approximate surface area is 220 Å². The van der Waals surface area contributed by atoms with Gasteiger partial charge < -0.3 is 14.9 Å². The molecule has 3 atom stereocenters. The summed E-state index contributed by atoms with van der Waals surface area (Å²) >= 11 is 0. The van der Waals surface area contributed by atoms with Crippen molar-refractivity contribution in [2.75, 3.05) is 32.7 Å². The normalized spacial score (nSPS) is 22.0. The Morgan fingerprint density at radius 2 is 1.73 bits per heavy atom. The summed E-state index contributed by atoms with van der Waals surface area (Å²) in [5.41, 5.74) is 1.97. The highest BCUT2D eigenvalue weighted by Gasteiger charge is 2.40. The van der Waals surface area contributed by atoms with Crippen LogP contribution in [0.1, 0.15) is 60.9 Å². The van der Waals surface area contributed by atoms with Gasteiger partial charge in [0.1, 0.15) is 5.82 Å². The molecule has 0 saturated carbocycles. The molecule has 1 N–H and O–H groups in total. The second-order valence-corrected chi connectivity index (χ2v) is 11.0. The molecule has 2 fully saturated rings. The van der Waals surface area contributed by atoms with Crippen LogP contribution in [0.4, 0.5) is 4.39 Å². The van der Waals surface area contributed by atoms with E-state index < -0.39 is 0 Å². The molecule has 196 valence electrons. The van der Waals surface area contributed by atoms with Crippen molar-refractivity contribution in [1.82, 2.24) is 9.80 Å². The van der Waals surface area contributed by atoms with E-state index in [1.165, 1.54) is 5.56 Å². The number of unbranched alkanes of at least 4 members (excludes halogenated alkanes) is 1. The van der Waals surface area contributed by atoms with Gasteiger partial charge in [-0.25, -0.2) is 4.39 Å². The predicted octanol–water partition coefficient (Wildman–Crippen LogP) is 6.10. The van der Waals surface area contributed by atoms with E-state index in [1.54, 1.807) is 12.1 Å². The highest BCUT2D eigenvalue weighted by molar-refractivity contribution is 6.07. The molecule has 0 aliphatic carbocycles. The first-order valence-electron chi connectivity index (χ1n) is 14.0. The monoisotopic (exact) mass is 502 g/mol. The van der Waals surface area contributed by atoms with Crippen molar-refractivity contribution < 1.29 is 14.3 Å². The minimum atomic E-state index is -0.382. The number of fused-ring (bicyclic) bond motifs is 1. The molecule has 2 aliphatic rings. The molecule has 1 amide bonds. The van der Waals surface area contributed by atoms with E-state index in [4.69, 9.17) is 0 Å². The van der Waals surface area contributed by atoms with Crippen LogP contribution in [0.25, 0.3) is 10.8 Å². The van der Waals surface area contributed by atoms with Gasteiger partial charge in [0.15, 0.2) is 0 Å². The average Bonchev–Trinajstić information content (AvgIpc) is 3.35. The minimum Gasteiger partial charge on any atom is -0.393 e. The van der Waals surface area contributed by atoms with Crippen LogP contribution in [0.3, 0.4) is 0 Å². The highest BCUT2D eigenvalue weighted by atomic mass is 19.1. The van der Waals surface area contributed by atoms with Gasteiger partial charge in [0.2, 0.25) is 0 Å². The van der Waals surface area contributed by atoms with Crippen LogP contribution in [0, 0.1) is 17.7 Å².